The second-order valence-corrected chi connectivity index (χ2v) is 17.2. The number of hydrogen-bond donors (Lipinski definition) is 1. The van der Waals surface area contributed by atoms with Crippen LogP contribution in [0.1, 0.15) is 219 Å². The van der Waals surface area contributed by atoms with Crippen molar-refractivity contribution in [2.75, 3.05) is 13.2 Å². The van der Waals surface area contributed by atoms with Crippen LogP contribution in [0.4, 0.5) is 0 Å². The Kier molecular flexibility index (Phi) is 52.0. The fourth-order valence-corrected chi connectivity index (χ4v) is 7.02. The first-order valence-electron chi connectivity index (χ1n) is 26.7. The van der Waals surface area contributed by atoms with Crippen LogP contribution >= 0.6 is 0 Å². The second kappa shape index (κ2) is 55.4. The summed E-state index contributed by atoms with van der Waals surface area (Å²) in [5, 5.41) is 9.62. The van der Waals surface area contributed by atoms with Crippen molar-refractivity contribution in [3.63, 3.8) is 0 Å². The van der Waals surface area contributed by atoms with Crippen LogP contribution in [0.2, 0.25) is 0 Å². The number of carbonyl (C=O) groups is 2. The summed E-state index contributed by atoms with van der Waals surface area (Å²) < 4.78 is 10.6. The Hall–Kier alpha value is -3.96. The topological polar surface area (TPSA) is 72.8 Å². The van der Waals surface area contributed by atoms with Gasteiger partial charge in [0.25, 0.3) is 0 Å². The monoisotopic (exact) mass is 911 g/mol. The molecule has 0 aromatic carbocycles. The zero-order chi connectivity index (χ0) is 47.7. The number of ether oxygens (including phenoxy) is 2. The third-order valence-electron chi connectivity index (χ3n) is 11.0. The van der Waals surface area contributed by atoms with Crippen LogP contribution in [0.15, 0.2) is 134 Å². The summed E-state index contributed by atoms with van der Waals surface area (Å²) in [7, 11) is 0. The van der Waals surface area contributed by atoms with Crippen molar-refractivity contribution in [3.05, 3.63) is 134 Å². The van der Waals surface area contributed by atoms with Crippen molar-refractivity contribution in [2.45, 2.75) is 225 Å². The largest absolute Gasteiger partial charge is 0.462 e. The first kappa shape index (κ1) is 62.0. The highest BCUT2D eigenvalue weighted by atomic mass is 16.6. The highest BCUT2D eigenvalue weighted by Gasteiger charge is 2.15. The first-order valence-corrected chi connectivity index (χ1v) is 26.7. The molecule has 372 valence electrons. The van der Waals surface area contributed by atoms with Gasteiger partial charge in [0, 0.05) is 12.8 Å². The zero-order valence-electron chi connectivity index (χ0n) is 42.4. The number of aliphatic hydroxyl groups excluding tert-OH is 1. The molecule has 66 heavy (non-hydrogen) atoms. The number of esters is 2. The lowest BCUT2D eigenvalue weighted by Crippen LogP contribution is -2.28. The standard InChI is InChI=1S/C61H98O5/c1-3-5-7-9-11-13-15-17-19-21-23-24-25-26-27-28-29-30-31-32-33-34-35-36-38-39-41-43-45-47-49-51-53-55-60(63)65-58-59(57-62)66-61(64)56-54-52-50-48-46-44-42-40-37-22-20-18-16-14-12-10-8-6-4-2/h5-8,11-14,17-20,23-24,26-27,37,40,44,46,50,52,59,62H,3-4,9-10,15-16,21-22,25,28-36,38-39,41-43,45,47-49,51,53-58H2,1-2H3/b7-5-,8-6-,13-11-,14-12-,19-17-,20-18-,24-23-,27-26-,40-37-,46-44-,52-50-. The number of allylic oxidation sites excluding steroid dienone is 22. The maximum absolute atomic E-state index is 12.2. The van der Waals surface area contributed by atoms with E-state index in [0.717, 1.165) is 89.9 Å². The summed E-state index contributed by atoms with van der Waals surface area (Å²) in [4.78, 5) is 24.4. The van der Waals surface area contributed by atoms with Gasteiger partial charge in [-0.25, -0.2) is 0 Å². The molecule has 0 spiro atoms. The van der Waals surface area contributed by atoms with E-state index in [1.807, 2.05) is 12.2 Å². The Labute approximate surface area is 406 Å². The van der Waals surface area contributed by atoms with Gasteiger partial charge in [0.1, 0.15) is 6.61 Å². The molecule has 0 fully saturated rings. The Balaban J connectivity index is 3.57. The van der Waals surface area contributed by atoms with Gasteiger partial charge in [0.2, 0.25) is 0 Å². The van der Waals surface area contributed by atoms with E-state index < -0.39 is 12.1 Å². The van der Waals surface area contributed by atoms with Gasteiger partial charge in [-0.3, -0.25) is 9.59 Å². The van der Waals surface area contributed by atoms with Crippen LogP contribution < -0.4 is 0 Å². The minimum absolute atomic E-state index is 0.103. The Morgan fingerprint density at radius 2 is 0.636 bits per heavy atom. The van der Waals surface area contributed by atoms with Crippen molar-refractivity contribution >= 4 is 11.9 Å². The summed E-state index contributed by atoms with van der Waals surface area (Å²) in [6.07, 6.45) is 82.9. The smallest absolute Gasteiger partial charge is 0.306 e. The van der Waals surface area contributed by atoms with E-state index in [0.29, 0.717) is 12.8 Å². The summed E-state index contributed by atoms with van der Waals surface area (Å²) in [6, 6.07) is 0. The fourth-order valence-electron chi connectivity index (χ4n) is 7.02. The van der Waals surface area contributed by atoms with E-state index in [1.54, 1.807) is 0 Å². The summed E-state index contributed by atoms with van der Waals surface area (Å²) in [5.74, 6) is -0.693. The predicted octanol–water partition coefficient (Wildman–Crippen LogP) is 18.1. The third-order valence-corrected chi connectivity index (χ3v) is 11.0. The van der Waals surface area contributed by atoms with Crippen LogP contribution in [0.3, 0.4) is 0 Å². The molecule has 0 aliphatic carbocycles. The molecule has 5 heteroatoms. The molecular formula is C61H98O5. The van der Waals surface area contributed by atoms with Crippen molar-refractivity contribution in [1.29, 1.82) is 0 Å². The van der Waals surface area contributed by atoms with Gasteiger partial charge in [-0.05, 0) is 96.3 Å². The van der Waals surface area contributed by atoms with Crippen LogP contribution in [0, 0.1) is 0 Å². The van der Waals surface area contributed by atoms with E-state index in [1.165, 1.54) is 96.3 Å². The van der Waals surface area contributed by atoms with E-state index in [4.69, 9.17) is 9.47 Å². The van der Waals surface area contributed by atoms with Gasteiger partial charge in [0.15, 0.2) is 6.10 Å². The molecular weight excluding hydrogens is 813 g/mol. The second-order valence-electron chi connectivity index (χ2n) is 17.2. The number of rotatable bonds is 47. The van der Waals surface area contributed by atoms with Crippen LogP contribution in [-0.4, -0.2) is 36.4 Å². The molecule has 1 atom stereocenters. The Bertz CT molecular complexity index is 1400. The first-order chi connectivity index (χ1) is 32.6. The zero-order valence-corrected chi connectivity index (χ0v) is 42.4. The van der Waals surface area contributed by atoms with Crippen LogP contribution in [-0.2, 0) is 19.1 Å². The van der Waals surface area contributed by atoms with Crippen molar-refractivity contribution in [3.8, 4) is 0 Å². The van der Waals surface area contributed by atoms with Gasteiger partial charge < -0.3 is 14.6 Å². The van der Waals surface area contributed by atoms with Crippen molar-refractivity contribution in [1.82, 2.24) is 0 Å². The predicted molar refractivity (Wildman–Crippen MR) is 288 cm³/mol. The number of aliphatic hydroxyl groups is 1. The molecule has 0 aliphatic rings. The summed E-state index contributed by atoms with van der Waals surface area (Å²) >= 11 is 0. The van der Waals surface area contributed by atoms with Gasteiger partial charge in [0.05, 0.1) is 6.61 Å². The fraction of sp³-hybridized carbons (Fsp3) is 0.607. The lowest BCUT2D eigenvalue weighted by atomic mass is 10.0. The highest BCUT2D eigenvalue weighted by Crippen LogP contribution is 2.15. The molecule has 1 N–H and O–H groups in total. The lowest BCUT2D eigenvalue weighted by molar-refractivity contribution is -0.161. The average molecular weight is 911 g/mol. The van der Waals surface area contributed by atoms with Crippen molar-refractivity contribution < 1.29 is 24.2 Å². The van der Waals surface area contributed by atoms with Crippen molar-refractivity contribution in [2.24, 2.45) is 0 Å². The van der Waals surface area contributed by atoms with Gasteiger partial charge in [-0.1, -0.05) is 244 Å². The molecule has 0 aromatic rings. The number of carbonyl (C=O) groups excluding carboxylic acids is 2. The van der Waals surface area contributed by atoms with Crippen LogP contribution in [0.5, 0.6) is 0 Å². The third kappa shape index (κ3) is 52.7. The average Bonchev–Trinajstić information content (AvgIpc) is 3.32. The summed E-state index contributed by atoms with van der Waals surface area (Å²) in [5.41, 5.74) is 0. The van der Waals surface area contributed by atoms with E-state index in [-0.39, 0.29) is 25.6 Å². The summed E-state index contributed by atoms with van der Waals surface area (Å²) in [6.45, 7) is 3.85. The molecule has 0 aliphatic heterocycles. The molecule has 0 saturated heterocycles. The quantitative estimate of drug-likeness (QED) is 0.0374. The lowest BCUT2D eigenvalue weighted by Gasteiger charge is -2.15. The Morgan fingerprint density at radius 1 is 0.348 bits per heavy atom. The molecule has 1 unspecified atom stereocenters. The maximum Gasteiger partial charge on any atom is 0.306 e. The van der Waals surface area contributed by atoms with E-state index in [2.05, 4.69) is 135 Å². The number of hydrogen-bond acceptors (Lipinski definition) is 5. The molecule has 0 saturated carbocycles. The molecule has 0 bridgehead atoms. The maximum atomic E-state index is 12.2. The molecule has 0 heterocycles. The SMILES string of the molecule is CC/C=C\C/C=C\C/C=C\C/C=C\C/C=C\C/C=C\CCC(=O)OC(CO)COC(=O)CCCCCCCCCCCCCCCCCCC/C=C\C/C=C\C/C=C\C/C=C\C/C=C\CC. The minimum Gasteiger partial charge on any atom is -0.462 e. The highest BCUT2D eigenvalue weighted by molar-refractivity contribution is 5.70. The molecule has 5 nitrogen and oxygen atoms in total. The molecule has 0 aromatic heterocycles. The molecule has 0 radical (unpaired) electrons. The van der Waals surface area contributed by atoms with Gasteiger partial charge in [-0.2, -0.15) is 0 Å². The van der Waals surface area contributed by atoms with Crippen LogP contribution in [0.25, 0.3) is 0 Å². The Morgan fingerprint density at radius 3 is 0.970 bits per heavy atom. The molecule has 0 amide bonds. The normalized spacial score (nSPS) is 13.3. The van der Waals surface area contributed by atoms with E-state index >= 15 is 0 Å². The number of unbranched alkanes of at least 4 members (excludes halogenated alkanes) is 17. The van der Waals surface area contributed by atoms with E-state index in [9.17, 15) is 14.7 Å². The minimum atomic E-state index is -0.821. The van der Waals surface area contributed by atoms with Gasteiger partial charge >= 0.3 is 11.9 Å². The molecule has 0 rings (SSSR count). The van der Waals surface area contributed by atoms with Gasteiger partial charge in [-0.15, -0.1) is 0 Å².